The molecule has 0 aromatic heterocycles. The number of carbonyl (C=O) groups is 2. The van der Waals surface area contributed by atoms with Crippen molar-refractivity contribution >= 4 is 11.8 Å². The van der Waals surface area contributed by atoms with Crippen LogP contribution >= 0.6 is 0 Å². The van der Waals surface area contributed by atoms with Crippen LogP contribution in [0.5, 0.6) is 0 Å². The van der Waals surface area contributed by atoms with Crippen LogP contribution in [0.2, 0.25) is 0 Å². The van der Waals surface area contributed by atoms with Crippen molar-refractivity contribution in [3.63, 3.8) is 0 Å². The Morgan fingerprint density at radius 3 is 0.931 bits per heavy atom. The summed E-state index contributed by atoms with van der Waals surface area (Å²) >= 11 is 0. The van der Waals surface area contributed by atoms with E-state index in [0.717, 1.165) is 49.4 Å². The number of benzene rings is 9. The lowest BCUT2D eigenvalue weighted by Gasteiger charge is -2.53. The number of aliphatic hydroxyl groups excluding tert-OH is 4. The normalized spacial score (nSPS) is 28.3. The minimum absolute atomic E-state index is 0.0352. The summed E-state index contributed by atoms with van der Waals surface area (Å²) in [5, 5.41) is 45.2. The highest BCUT2D eigenvalue weighted by molar-refractivity contribution is 6.19. The zero-order valence-electron chi connectivity index (χ0n) is 64.8. The number of imide groups is 1. The highest BCUT2D eigenvalue weighted by atomic mass is 16.8. The van der Waals surface area contributed by atoms with Crippen molar-refractivity contribution < 1.29 is 106 Å². The van der Waals surface area contributed by atoms with Gasteiger partial charge in [0.1, 0.15) is 97.6 Å². The predicted octanol–water partition coefficient (Wildman–Crippen LogP) is 11.0. The molecule has 20 atom stereocenters. The Labute approximate surface area is 675 Å². The van der Waals surface area contributed by atoms with Crippen LogP contribution in [0.15, 0.2) is 284 Å². The van der Waals surface area contributed by atoms with Crippen LogP contribution in [-0.4, -0.2) is 186 Å². The Morgan fingerprint density at radius 2 is 0.552 bits per heavy atom. The van der Waals surface area contributed by atoms with Crippen molar-refractivity contribution in [3.05, 3.63) is 334 Å². The lowest BCUT2D eigenvalue weighted by Crippen LogP contribution is -2.71. The van der Waals surface area contributed by atoms with Gasteiger partial charge in [0.15, 0.2) is 25.2 Å². The van der Waals surface area contributed by atoms with Crippen molar-refractivity contribution in [2.45, 2.75) is 196 Å². The minimum Gasteiger partial charge on any atom is -0.394 e. The highest BCUT2D eigenvalue weighted by Gasteiger charge is 2.61. The number of amides is 2. The molecule has 2 amide bonds. The van der Waals surface area contributed by atoms with Gasteiger partial charge in [-0.2, -0.15) is 0 Å². The summed E-state index contributed by atoms with van der Waals surface area (Å²) in [5.74, 6) is -1.42. The first-order valence-corrected chi connectivity index (χ1v) is 39.5. The third-order valence-electron chi connectivity index (χ3n) is 21.3. The quantitative estimate of drug-likeness (QED) is 0.0262. The summed E-state index contributed by atoms with van der Waals surface area (Å²) in [6.07, 6.45) is -27.5. The number of nitrogens with zero attached hydrogens (tertiary/aromatic N) is 1. The number of aliphatic hydroxyl groups is 4. The molecule has 0 aliphatic carbocycles. The Bertz CT molecular complexity index is 4410. The second-order valence-corrected chi connectivity index (χ2v) is 29.5. The van der Waals surface area contributed by atoms with Gasteiger partial charge in [0.05, 0.1) is 85.9 Å². The summed E-state index contributed by atoms with van der Waals surface area (Å²) in [7, 11) is 0. The molecule has 0 radical (unpaired) electrons. The molecule has 0 unspecified atom stereocenters. The van der Waals surface area contributed by atoms with Gasteiger partial charge in [-0.1, -0.05) is 273 Å². The van der Waals surface area contributed by atoms with Crippen molar-refractivity contribution in [3.8, 4) is 0 Å². The van der Waals surface area contributed by atoms with Crippen LogP contribution in [0, 0.1) is 0 Å². The van der Waals surface area contributed by atoms with Gasteiger partial charge in [-0.3, -0.25) is 14.5 Å². The number of hydrogen-bond acceptors (Lipinski definition) is 22. The average molecular weight is 1580 g/mol. The van der Waals surface area contributed by atoms with Crippen LogP contribution in [-0.2, 0) is 145 Å². The summed E-state index contributed by atoms with van der Waals surface area (Å²) in [6.45, 7) is 2.01. The number of hydrogen-bond donors (Lipinski definition) is 4. The average Bonchev–Trinajstić information content (AvgIpc) is 1.50. The molecule has 4 saturated heterocycles. The molecule has 9 aromatic carbocycles. The van der Waals surface area contributed by atoms with Crippen LogP contribution in [0.4, 0.5) is 0 Å². The van der Waals surface area contributed by atoms with Crippen LogP contribution in [0.1, 0.15) is 63.9 Å². The maximum Gasteiger partial charge on any atom is 0.257 e. The smallest absolute Gasteiger partial charge is 0.257 e. The van der Waals surface area contributed by atoms with E-state index in [1.165, 1.54) is 0 Å². The van der Waals surface area contributed by atoms with E-state index in [1.54, 1.807) is 13.8 Å². The molecule has 5 heterocycles. The van der Waals surface area contributed by atoms with E-state index >= 15 is 9.59 Å². The van der Waals surface area contributed by atoms with Crippen molar-refractivity contribution in [1.82, 2.24) is 4.90 Å². The highest BCUT2D eigenvalue weighted by Crippen LogP contribution is 2.42. The van der Waals surface area contributed by atoms with Crippen molar-refractivity contribution in [2.75, 3.05) is 26.4 Å². The van der Waals surface area contributed by atoms with Gasteiger partial charge < -0.3 is 96.2 Å². The number of ether oxygens (including phenoxy) is 16. The molecular weight excluding hydrogens is 1480 g/mol. The second kappa shape index (κ2) is 41.9. The Morgan fingerprint density at radius 1 is 0.276 bits per heavy atom. The molecule has 116 heavy (non-hydrogen) atoms. The van der Waals surface area contributed by atoms with E-state index < -0.39 is 141 Å². The maximum absolute atomic E-state index is 15.6. The molecule has 0 saturated carbocycles. The number of rotatable bonds is 38. The van der Waals surface area contributed by atoms with E-state index in [4.69, 9.17) is 75.8 Å². The van der Waals surface area contributed by atoms with Gasteiger partial charge >= 0.3 is 0 Å². The molecule has 610 valence electrons. The fourth-order valence-electron chi connectivity index (χ4n) is 15.0. The van der Waals surface area contributed by atoms with Gasteiger partial charge in [-0.25, -0.2) is 0 Å². The lowest BCUT2D eigenvalue weighted by atomic mass is 9.92. The maximum atomic E-state index is 15.6. The molecule has 5 aliphatic rings. The Kier molecular flexibility index (Phi) is 30.2. The van der Waals surface area contributed by atoms with E-state index in [2.05, 4.69) is 0 Å². The first-order chi connectivity index (χ1) is 56.9. The molecule has 4 fully saturated rings. The minimum atomic E-state index is -1.95. The topological polar surface area (TPSA) is 266 Å². The third-order valence-corrected chi connectivity index (χ3v) is 21.3. The molecule has 5 aliphatic heterocycles. The summed E-state index contributed by atoms with van der Waals surface area (Å²) in [5.41, 5.74) is 7.54. The van der Waals surface area contributed by atoms with E-state index in [-0.39, 0.29) is 90.4 Å². The predicted molar refractivity (Wildman–Crippen MR) is 423 cm³/mol. The van der Waals surface area contributed by atoms with Crippen LogP contribution in [0.3, 0.4) is 0 Å². The monoisotopic (exact) mass is 1580 g/mol. The van der Waals surface area contributed by atoms with Crippen molar-refractivity contribution in [1.29, 1.82) is 0 Å². The van der Waals surface area contributed by atoms with Crippen molar-refractivity contribution in [2.24, 2.45) is 0 Å². The van der Waals surface area contributed by atoms with E-state index in [1.807, 2.05) is 273 Å². The first kappa shape index (κ1) is 83.5. The summed E-state index contributed by atoms with van der Waals surface area (Å²) < 4.78 is 115. The Hall–Kier alpha value is -8.94. The standard InChI is InChI=1S/C93H101NO22/c1-61-62(2)89(100)94(88(61)99)76-83(105-53-67-38-20-7-21-39-67)81(114-91-79(98)78(97)77(96)72(48-95)110-91)74(59-102-50-64-32-14-4-15-33-64)111-90(76)116-85-80(104-52-66-36-18-6-19-37-66)73(58-101-49-63-30-12-3-13-31-63)113-93(87(85)108-56-70-44-26-10-27-45-70)115-82-75(60-103-51-65-34-16-5-17-35-65)112-92(109-57-71-46-28-11-29-47-71)86(107-55-69-42-24-9-25-43-69)84(82)106-54-68-40-22-8-23-41-68/h3-47,72-87,90-93,95-98H,48-60H2,1-2H3/t72-,73-,74-,75-,76-,77+,78+,79-,80+,81-,82-,83-,84+,85+,86-,87-,90+,91+,92-,93+/m1/s1. The molecule has 0 bridgehead atoms. The van der Waals surface area contributed by atoms with Gasteiger partial charge in [-0.05, 0) is 63.9 Å². The van der Waals surface area contributed by atoms with Crippen LogP contribution < -0.4 is 0 Å². The third kappa shape index (κ3) is 21.7. The SMILES string of the molecule is CC1=C(C)C(=O)N([C@H]2[C@H](O[C@H]3[C@@H](OCc4ccccc4)[C@@H](COCc4ccccc4)O[C@@H](O[C@H]4[C@H](OCc5ccccc5)[C@@H](OCc5ccccc5)[C@H](OCc5ccccc5)O[C@@H]4COCc4ccccc4)[C@@H]3OCc3ccccc3)O[C@H](COCc3ccccc3)[C@@H](O[C@@H]3O[C@H](CO)[C@H](O)[C@H](O)[C@H]3O)[C@@H]2OCc2ccccc2)C1=O. The molecule has 23 heteroatoms. The molecule has 9 aromatic rings. The largest absolute Gasteiger partial charge is 0.394 e. The van der Waals surface area contributed by atoms with Gasteiger partial charge in [0, 0.05) is 11.1 Å². The fourth-order valence-corrected chi connectivity index (χ4v) is 15.0. The zero-order chi connectivity index (χ0) is 80.0. The summed E-state index contributed by atoms with van der Waals surface area (Å²) in [6, 6.07) is 84.7. The fraction of sp³-hybridized carbons (Fsp3) is 0.376. The molecule has 23 nitrogen and oxygen atoms in total. The molecular formula is C93H101NO22. The molecule has 4 N–H and O–H groups in total. The van der Waals surface area contributed by atoms with Gasteiger partial charge in [0.25, 0.3) is 11.8 Å². The first-order valence-electron chi connectivity index (χ1n) is 39.5. The van der Waals surface area contributed by atoms with Gasteiger partial charge in [-0.15, -0.1) is 0 Å². The zero-order valence-corrected chi connectivity index (χ0v) is 64.8. The van der Waals surface area contributed by atoms with Gasteiger partial charge in [0.2, 0.25) is 0 Å². The Balaban J connectivity index is 0.942. The molecule has 14 rings (SSSR count). The lowest BCUT2D eigenvalue weighted by molar-refractivity contribution is -0.396. The number of carbonyl (C=O) groups excluding carboxylic acids is 2. The molecule has 0 spiro atoms. The van der Waals surface area contributed by atoms with Crippen LogP contribution in [0.25, 0.3) is 0 Å². The second-order valence-electron chi connectivity index (χ2n) is 29.5. The van der Waals surface area contributed by atoms with E-state index in [0.29, 0.717) is 5.56 Å². The van der Waals surface area contributed by atoms with E-state index in [9.17, 15) is 20.4 Å². The summed E-state index contributed by atoms with van der Waals surface area (Å²) in [4.78, 5) is 32.2.